The highest BCUT2D eigenvalue weighted by molar-refractivity contribution is 9.10. The second kappa shape index (κ2) is 6.01. The molecule has 0 unspecified atom stereocenters. The van der Waals surface area contributed by atoms with Crippen molar-refractivity contribution in [2.75, 3.05) is 7.11 Å². The summed E-state index contributed by atoms with van der Waals surface area (Å²) in [7, 11) is 1.61. The van der Waals surface area contributed by atoms with E-state index in [0.717, 1.165) is 15.8 Å². The minimum Gasteiger partial charge on any atom is -0.497 e. The third kappa shape index (κ3) is 2.80. The number of carboxylic acids is 1. The molecule has 5 heteroatoms. The smallest absolute Gasteiger partial charge is 0.336 e. The second-order valence-corrected chi connectivity index (χ2v) is 6.07. The fraction of sp³-hybridized carbons (Fsp3) is 0.111. The highest BCUT2D eigenvalue weighted by Crippen LogP contribution is 2.31. The van der Waals surface area contributed by atoms with Crippen molar-refractivity contribution in [1.29, 1.82) is 0 Å². The van der Waals surface area contributed by atoms with Crippen molar-refractivity contribution in [3.63, 3.8) is 0 Å². The highest BCUT2D eigenvalue weighted by atomic mass is 79.9. The van der Waals surface area contributed by atoms with Gasteiger partial charge in [-0.2, -0.15) is 0 Å². The molecule has 0 saturated carbocycles. The van der Waals surface area contributed by atoms with Crippen LogP contribution in [0.4, 0.5) is 0 Å². The Morgan fingerprint density at radius 3 is 2.48 bits per heavy atom. The number of hydrogen-bond acceptors (Lipinski definition) is 3. The molecule has 23 heavy (non-hydrogen) atoms. The second-order valence-electron chi connectivity index (χ2n) is 5.16. The van der Waals surface area contributed by atoms with Crippen molar-refractivity contribution in [3.05, 3.63) is 58.1 Å². The number of aromatic nitrogens is 1. The first-order valence-corrected chi connectivity index (χ1v) is 7.78. The van der Waals surface area contributed by atoms with Crippen LogP contribution in [0.15, 0.2) is 46.9 Å². The van der Waals surface area contributed by atoms with E-state index in [4.69, 9.17) is 4.74 Å². The van der Waals surface area contributed by atoms with Gasteiger partial charge < -0.3 is 9.84 Å². The van der Waals surface area contributed by atoms with Crippen LogP contribution in [-0.2, 0) is 0 Å². The lowest BCUT2D eigenvalue weighted by atomic mass is 9.98. The van der Waals surface area contributed by atoms with Crippen LogP contribution < -0.4 is 4.74 Å². The fourth-order valence-corrected chi connectivity index (χ4v) is 3.00. The van der Waals surface area contributed by atoms with Gasteiger partial charge in [-0.15, -0.1) is 0 Å². The number of pyridine rings is 1. The van der Waals surface area contributed by atoms with Gasteiger partial charge in [0.1, 0.15) is 5.75 Å². The molecular weight excluding hydrogens is 358 g/mol. The molecule has 0 radical (unpaired) electrons. The number of fused-ring (bicyclic) bond motifs is 1. The Morgan fingerprint density at radius 2 is 1.87 bits per heavy atom. The first-order valence-electron chi connectivity index (χ1n) is 6.99. The minimum atomic E-state index is -0.956. The van der Waals surface area contributed by atoms with Crippen molar-refractivity contribution >= 4 is 32.8 Å². The maximum Gasteiger partial charge on any atom is 0.336 e. The lowest BCUT2D eigenvalue weighted by molar-refractivity contribution is 0.0698. The van der Waals surface area contributed by atoms with Gasteiger partial charge in [0.2, 0.25) is 0 Å². The van der Waals surface area contributed by atoms with E-state index in [1.54, 1.807) is 20.1 Å². The molecule has 0 spiro atoms. The Labute approximate surface area is 141 Å². The molecule has 0 aliphatic rings. The molecule has 116 valence electrons. The van der Waals surface area contributed by atoms with Crippen molar-refractivity contribution in [3.8, 4) is 17.0 Å². The van der Waals surface area contributed by atoms with E-state index < -0.39 is 5.97 Å². The SMILES string of the molecule is COc1ccc(-c2nc3ccc(Br)cc3c(C(=O)O)c2C)cc1. The summed E-state index contributed by atoms with van der Waals surface area (Å²) in [5, 5.41) is 10.3. The molecular formula is C18H14BrNO3. The average Bonchev–Trinajstić information content (AvgIpc) is 2.54. The quantitative estimate of drug-likeness (QED) is 0.725. The summed E-state index contributed by atoms with van der Waals surface area (Å²) in [4.78, 5) is 16.4. The third-order valence-corrected chi connectivity index (χ3v) is 4.26. The van der Waals surface area contributed by atoms with Gasteiger partial charge >= 0.3 is 5.97 Å². The topological polar surface area (TPSA) is 59.4 Å². The third-order valence-electron chi connectivity index (χ3n) is 3.77. The maximum absolute atomic E-state index is 11.8. The summed E-state index contributed by atoms with van der Waals surface area (Å²) in [5.41, 5.74) is 3.10. The fourth-order valence-electron chi connectivity index (χ4n) is 2.64. The van der Waals surface area contributed by atoms with Crippen LogP contribution in [0.25, 0.3) is 22.2 Å². The summed E-state index contributed by atoms with van der Waals surface area (Å²) in [6.07, 6.45) is 0. The number of aromatic carboxylic acids is 1. The summed E-state index contributed by atoms with van der Waals surface area (Å²) < 4.78 is 5.99. The van der Waals surface area contributed by atoms with Crippen LogP contribution in [0, 0.1) is 6.92 Å². The van der Waals surface area contributed by atoms with E-state index in [1.807, 2.05) is 36.4 Å². The van der Waals surface area contributed by atoms with Gasteiger partial charge in [0.05, 0.1) is 23.9 Å². The summed E-state index contributed by atoms with van der Waals surface area (Å²) >= 11 is 3.38. The van der Waals surface area contributed by atoms with E-state index in [9.17, 15) is 9.90 Å². The predicted octanol–water partition coefficient (Wildman–Crippen LogP) is 4.68. The Balaban J connectivity index is 2.30. The minimum absolute atomic E-state index is 0.280. The number of hydrogen-bond donors (Lipinski definition) is 1. The van der Waals surface area contributed by atoms with Crippen LogP contribution in [-0.4, -0.2) is 23.2 Å². The summed E-state index contributed by atoms with van der Waals surface area (Å²) in [6.45, 7) is 1.79. The predicted molar refractivity (Wildman–Crippen MR) is 93.1 cm³/mol. The van der Waals surface area contributed by atoms with E-state index in [1.165, 1.54) is 0 Å². The molecule has 0 saturated heterocycles. The molecule has 0 fully saturated rings. The molecule has 3 rings (SSSR count). The monoisotopic (exact) mass is 371 g/mol. The zero-order valence-corrected chi connectivity index (χ0v) is 14.2. The van der Waals surface area contributed by atoms with Gasteiger partial charge in [-0.3, -0.25) is 0 Å². The molecule has 4 nitrogen and oxygen atoms in total. The van der Waals surface area contributed by atoms with Crippen molar-refractivity contribution in [2.45, 2.75) is 6.92 Å². The molecule has 1 aromatic heterocycles. The summed E-state index contributed by atoms with van der Waals surface area (Å²) in [6, 6.07) is 12.9. The highest BCUT2D eigenvalue weighted by Gasteiger charge is 2.18. The average molecular weight is 372 g/mol. The van der Waals surface area contributed by atoms with Crippen LogP contribution in [0.3, 0.4) is 0 Å². The molecule has 0 amide bonds. The zero-order valence-electron chi connectivity index (χ0n) is 12.6. The number of methoxy groups -OCH3 is 1. The van der Waals surface area contributed by atoms with Crippen LogP contribution in [0.2, 0.25) is 0 Å². The Hall–Kier alpha value is -2.40. The van der Waals surface area contributed by atoms with E-state index >= 15 is 0 Å². The molecule has 0 aliphatic heterocycles. The number of benzene rings is 2. The summed E-state index contributed by atoms with van der Waals surface area (Å²) in [5.74, 6) is -0.211. The van der Waals surface area contributed by atoms with Gasteiger partial charge in [0.15, 0.2) is 0 Å². The Morgan fingerprint density at radius 1 is 1.17 bits per heavy atom. The van der Waals surface area contributed by atoms with E-state index in [-0.39, 0.29) is 5.56 Å². The zero-order chi connectivity index (χ0) is 16.6. The number of ether oxygens (including phenoxy) is 1. The maximum atomic E-state index is 11.8. The number of carboxylic acid groups (broad SMARTS) is 1. The first kappa shape index (κ1) is 15.5. The number of carbonyl (C=O) groups is 1. The Bertz CT molecular complexity index is 904. The van der Waals surface area contributed by atoms with Crippen LogP contribution in [0.5, 0.6) is 5.75 Å². The van der Waals surface area contributed by atoms with Gasteiger partial charge in [0.25, 0.3) is 0 Å². The Kier molecular flexibility index (Phi) is 4.05. The van der Waals surface area contributed by atoms with Gasteiger partial charge in [-0.25, -0.2) is 9.78 Å². The molecule has 1 heterocycles. The van der Waals surface area contributed by atoms with E-state index in [2.05, 4.69) is 20.9 Å². The number of nitrogens with zero attached hydrogens (tertiary/aromatic N) is 1. The van der Waals surface area contributed by atoms with Crippen LogP contribution >= 0.6 is 15.9 Å². The molecule has 0 bridgehead atoms. The standard InChI is InChI=1S/C18H14BrNO3/c1-10-16(18(21)22)14-9-12(19)5-8-15(14)20-17(10)11-3-6-13(23-2)7-4-11/h3-9H,1-2H3,(H,21,22). The van der Waals surface area contributed by atoms with Crippen molar-refractivity contribution in [1.82, 2.24) is 4.98 Å². The van der Waals surface area contributed by atoms with Gasteiger partial charge in [0, 0.05) is 15.4 Å². The molecule has 0 aliphatic carbocycles. The largest absolute Gasteiger partial charge is 0.497 e. The number of halogens is 1. The normalized spacial score (nSPS) is 10.7. The van der Waals surface area contributed by atoms with Crippen LogP contribution in [0.1, 0.15) is 15.9 Å². The van der Waals surface area contributed by atoms with Gasteiger partial charge in [-0.05, 0) is 55.0 Å². The van der Waals surface area contributed by atoms with Gasteiger partial charge in [-0.1, -0.05) is 15.9 Å². The lowest BCUT2D eigenvalue weighted by Gasteiger charge is -2.12. The number of rotatable bonds is 3. The van der Waals surface area contributed by atoms with Crippen molar-refractivity contribution < 1.29 is 14.6 Å². The molecule has 3 aromatic rings. The molecule has 2 aromatic carbocycles. The van der Waals surface area contributed by atoms with E-state index in [0.29, 0.717) is 22.2 Å². The molecule has 1 N–H and O–H groups in total. The molecule has 0 atom stereocenters. The lowest BCUT2D eigenvalue weighted by Crippen LogP contribution is -2.05. The first-order chi connectivity index (χ1) is 11.0. The van der Waals surface area contributed by atoms with Crippen molar-refractivity contribution in [2.24, 2.45) is 0 Å².